The van der Waals surface area contributed by atoms with Gasteiger partial charge in [0.05, 0.1) is 12.1 Å². The van der Waals surface area contributed by atoms with Crippen LogP contribution in [0.1, 0.15) is 24.3 Å². The fraction of sp³-hybridized carbons (Fsp3) is 0.385. The van der Waals surface area contributed by atoms with Crippen LogP contribution in [0.2, 0.25) is 0 Å². The molecule has 0 spiro atoms. The zero-order valence-corrected chi connectivity index (χ0v) is 10.8. The molecule has 2 aromatic rings. The normalized spacial score (nSPS) is 11.8. The van der Waals surface area contributed by atoms with Crippen LogP contribution in [0.3, 0.4) is 0 Å². The van der Waals surface area contributed by atoms with E-state index in [4.69, 9.17) is 0 Å². The fourth-order valence-electron chi connectivity index (χ4n) is 1.75. The highest BCUT2D eigenvalue weighted by molar-refractivity contribution is 5.83. The molecule has 0 fully saturated rings. The average molecular weight is 247 g/mol. The molecule has 5 heteroatoms. The predicted molar refractivity (Wildman–Crippen MR) is 70.1 cm³/mol. The molecule has 0 aliphatic heterocycles. The third-order valence-electron chi connectivity index (χ3n) is 3.27. The molecule has 0 radical (unpaired) electrons. The van der Waals surface area contributed by atoms with Gasteiger partial charge in [-0.05, 0) is 26.0 Å². The summed E-state index contributed by atoms with van der Waals surface area (Å²) in [4.78, 5) is 17.5. The second-order valence-corrected chi connectivity index (χ2v) is 4.90. The molecule has 0 atom stereocenters. The molecule has 0 saturated carbocycles. The summed E-state index contributed by atoms with van der Waals surface area (Å²) in [5.41, 5.74) is 0.736. The maximum Gasteiger partial charge on any atom is 0.170 e. The van der Waals surface area contributed by atoms with Crippen molar-refractivity contribution in [3.05, 3.63) is 30.1 Å². The number of anilines is 1. The molecule has 2 rings (SSSR count). The Kier molecular flexibility index (Phi) is 3.09. The van der Waals surface area contributed by atoms with E-state index in [-0.39, 0.29) is 6.61 Å². The number of hydrogen-bond acceptors (Lipinski definition) is 4. The minimum Gasteiger partial charge on any atom is -0.394 e. The highest BCUT2D eigenvalue weighted by Gasteiger charge is 2.27. The van der Waals surface area contributed by atoms with Gasteiger partial charge in [-0.15, -0.1) is 0 Å². The number of aldehydes is 1. The number of likely N-dealkylation sites (N-methyl/N-ethyl adjacent to an activating group) is 1. The van der Waals surface area contributed by atoms with Gasteiger partial charge in [0.2, 0.25) is 0 Å². The van der Waals surface area contributed by atoms with E-state index in [1.807, 2.05) is 44.0 Å². The highest BCUT2D eigenvalue weighted by atomic mass is 16.3. The minimum atomic E-state index is -0.476. The van der Waals surface area contributed by atoms with Crippen molar-refractivity contribution in [3.8, 4) is 0 Å². The summed E-state index contributed by atoms with van der Waals surface area (Å²) >= 11 is 0. The quantitative estimate of drug-likeness (QED) is 0.829. The Morgan fingerprint density at radius 2 is 2.22 bits per heavy atom. The molecule has 0 amide bonds. The van der Waals surface area contributed by atoms with Crippen molar-refractivity contribution in [2.24, 2.45) is 0 Å². The molecule has 0 saturated heterocycles. The Labute approximate surface area is 106 Å². The maximum absolute atomic E-state index is 11.3. The number of aliphatic hydroxyl groups excluding tert-OH is 1. The zero-order chi connectivity index (χ0) is 13.3. The number of fused-ring (bicyclic) bond motifs is 1. The molecule has 0 aromatic carbocycles. The third-order valence-corrected chi connectivity index (χ3v) is 3.27. The van der Waals surface area contributed by atoms with Crippen LogP contribution >= 0.6 is 0 Å². The van der Waals surface area contributed by atoms with E-state index in [9.17, 15) is 9.90 Å². The highest BCUT2D eigenvalue weighted by Crippen LogP contribution is 2.25. The van der Waals surface area contributed by atoms with Crippen LogP contribution in [0.15, 0.2) is 24.4 Å². The van der Waals surface area contributed by atoms with E-state index < -0.39 is 5.54 Å². The number of carbonyl (C=O) groups is 1. The average Bonchev–Trinajstić information content (AvgIpc) is 2.75. The first-order valence-corrected chi connectivity index (χ1v) is 5.78. The molecular weight excluding hydrogens is 230 g/mol. The molecule has 18 heavy (non-hydrogen) atoms. The van der Waals surface area contributed by atoms with E-state index in [0.717, 1.165) is 11.9 Å². The first-order valence-electron chi connectivity index (χ1n) is 5.78. The summed E-state index contributed by atoms with van der Waals surface area (Å²) in [6, 6.07) is 5.57. The van der Waals surface area contributed by atoms with Crippen LogP contribution in [0.5, 0.6) is 0 Å². The van der Waals surface area contributed by atoms with E-state index in [2.05, 4.69) is 4.98 Å². The SMILES string of the molecule is CN(c1nc2ccccn2c1C=O)C(C)(C)CO. The van der Waals surface area contributed by atoms with E-state index in [1.165, 1.54) is 0 Å². The molecule has 0 bridgehead atoms. The van der Waals surface area contributed by atoms with Gasteiger partial charge in [0.1, 0.15) is 11.3 Å². The Hall–Kier alpha value is -1.88. The fourth-order valence-corrected chi connectivity index (χ4v) is 1.75. The lowest BCUT2D eigenvalue weighted by atomic mass is 10.1. The van der Waals surface area contributed by atoms with Gasteiger partial charge >= 0.3 is 0 Å². The summed E-state index contributed by atoms with van der Waals surface area (Å²) in [5.74, 6) is 0.579. The van der Waals surface area contributed by atoms with Crippen molar-refractivity contribution in [2.75, 3.05) is 18.6 Å². The van der Waals surface area contributed by atoms with Crippen molar-refractivity contribution in [1.29, 1.82) is 0 Å². The molecule has 1 N–H and O–H groups in total. The van der Waals surface area contributed by atoms with Crippen molar-refractivity contribution >= 4 is 17.8 Å². The third kappa shape index (κ3) is 1.86. The van der Waals surface area contributed by atoms with Gasteiger partial charge in [0.25, 0.3) is 0 Å². The van der Waals surface area contributed by atoms with E-state index in [1.54, 1.807) is 10.6 Å². The van der Waals surface area contributed by atoms with Gasteiger partial charge in [0.15, 0.2) is 12.1 Å². The van der Waals surface area contributed by atoms with Crippen LogP contribution in [-0.2, 0) is 0 Å². The molecule has 2 heterocycles. The largest absolute Gasteiger partial charge is 0.394 e. The van der Waals surface area contributed by atoms with E-state index >= 15 is 0 Å². The van der Waals surface area contributed by atoms with Crippen molar-refractivity contribution in [1.82, 2.24) is 9.38 Å². The summed E-state index contributed by atoms with van der Waals surface area (Å²) in [5, 5.41) is 9.40. The van der Waals surface area contributed by atoms with Gasteiger partial charge in [-0.25, -0.2) is 4.98 Å². The van der Waals surface area contributed by atoms with Gasteiger partial charge in [0, 0.05) is 13.2 Å². The Morgan fingerprint density at radius 1 is 1.50 bits per heavy atom. The summed E-state index contributed by atoms with van der Waals surface area (Å²) in [6.07, 6.45) is 2.59. The van der Waals surface area contributed by atoms with Crippen molar-refractivity contribution in [3.63, 3.8) is 0 Å². The van der Waals surface area contributed by atoms with Gasteiger partial charge in [-0.1, -0.05) is 6.07 Å². The number of imidazole rings is 1. The lowest BCUT2D eigenvalue weighted by molar-refractivity contribution is 0.111. The van der Waals surface area contributed by atoms with Crippen molar-refractivity contribution in [2.45, 2.75) is 19.4 Å². The minimum absolute atomic E-state index is 0.0182. The second kappa shape index (κ2) is 4.42. The Balaban J connectivity index is 2.60. The van der Waals surface area contributed by atoms with Crippen LogP contribution in [-0.4, -0.2) is 40.0 Å². The number of rotatable bonds is 4. The molecule has 0 aliphatic rings. The van der Waals surface area contributed by atoms with Crippen molar-refractivity contribution < 1.29 is 9.90 Å². The van der Waals surface area contributed by atoms with Crippen LogP contribution in [0.4, 0.5) is 5.82 Å². The smallest absolute Gasteiger partial charge is 0.170 e. The van der Waals surface area contributed by atoms with E-state index in [0.29, 0.717) is 11.5 Å². The molecule has 0 unspecified atom stereocenters. The number of aromatic nitrogens is 2. The first-order chi connectivity index (χ1) is 8.51. The van der Waals surface area contributed by atoms with Gasteiger partial charge in [-0.2, -0.15) is 0 Å². The van der Waals surface area contributed by atoms with Gasteiger partial charge < -0.3 is 10.0 Å². The second-order valence-electron chi connectivity index (χ2n) is 4.90. The molecule has 96 valence electrons. The topological polar surface area (TPSA) is 57.8 Å². The van der Waals surface area contributed by atoms with Crippen LogP contribution in [0, 0.1) is 0 Å². The summed E-state index contributed by atoms with van der Waals surface area (Å²) in [6.45, 7) is 3.77. The lowest BCUT2D eigenvalue weighted by Gasteiger charge is -2.34. The van der Waals surface area contributed by atoms with Gasteiger partial charge in [-0.3, -0.25) is 9.20 Å². The Morgan fingerprint density at radius 3 is 2.83 bits per heavy atom. The lowest BCUT2D eigenvalue weighted by Crippen LogP contribution is -2.45. The number of hydrogen-bond donors (Lipinski definition) is 1. The first kappa shape index (κ1) is 12.6. The number of pyridine rings is 1. The van der Waals surface area contributed by atoms with Crippen LogP contribution in [0.25, 0.3) is 5.65 Å². The maximum atomic E-state index is 11.3. The Bertz CT molecular complexity index is 575. The number of nitrogens with zero attached hydrogens (tertiary/aromatic N) is 3. The number of carbonyl (C=O) groups excluding carboxylic acids is 1. The predicted octanol–water partition coefficient (Wildman–Crippen LogP) is 1.35. The monoisotopic (exact) mass is 247 g/mol. The summed E-state index contributed by atoms with van der Waals surface area (Å²) < 4.78 is 1.74. The standard InChI is InChI=1S/C13H17N3O2/c1-13(2,9-18)15(3)12-10(8-17)16-7-5-4-6-11(16)14-12/h4-8,18H,9H2,1-3H3. The molecular formula is C13H17N3O2. The molecule has 2 aromatic heterocycles. The summed E-state index contributed by atoms with van der Waals surface area (Å²) in [7, 11) is 1.82. The number of aliphatic hydroxyl groups is 1. The zero-order valence-electron chi connectivity index (χ0n) is 10.8. The van der Waals surface area contributed by atoms with Crippen LogP contribution < -0.4 is 4.90 Å². The molecule has 0 aliphatic carbocycles. The molecule has 5 nitrogen and oxygen atoms in total.